The number of carboxylic acids is 1. The molecule has 0 rings (SSSR count). The van der Waals surface area contributed by atoms with E-state index in [9.17, 15) is 4.79 Å². The Balaban J connectivity index is 3.44. The van der Waals surface area contributed by atoms with E-state index >= 15 is 0 Å². The lowest BCUT2D eigenvalue weighted by molar-refractivity contribution is -0.151. The summed E-state index contributed by atoms with van der Waals surface area (Å²) >= 11 is 0. The zero-order chi connectivity index (χ0) is 10.3. The van der Waals surface area contributed by atoms with Crippen molar-refractivity contribution in [1.82, 2.24) is 0 Å². The molecule has 0 aromatic heterocycles. The van der Waals surface area contributed by atoms with Gasteiger partial charge >= 0.3 is 5.97 Å². The highest BCUT2D eigenvalue weighted by atomic mass is 16.5. The van der Waals surface area contributed by atoms with Crippen molar-refractivity contribution < 1.29 is 19.4 Å². The van der Waals surface area contributed by atoms with Crippen LogP contribution < -0.4 is 0 Å². The lowest BCUT2D eigenvalue weighted by Crippen LogP contribution is -2.25. The third kappa shape index (κ3) is 6.54. The number of rotatable bonds is 7. The Morgan fingerprint density at radius 2 is 1.85 bits per heavy atom. The van der Waals surface area contributed by atoms with Crippen molar-refractivity contribution in [1.29, 1.82) is 0 Å². The van der Waals surface area contributed by atoms with Crippen LogP contribution in [0.1, 0.15) is 27.2 Å². The third-order valence-electron chi connectivity index (χ3n) is 1.50. The largest absolute Gasteiger partial charge is 0.479 e. The summed E-state index contributed by atoms with van der Waals surface area (Å²) in [6.45, 7) is 6.41. The Hall–Kier alpha value is -0.610. The summed E-state index contributed by atoms with van der Waals surface area (Å²) in [5, 5.41) is 8.62. The smallest absolute Gasteiger partial charge is 0.332 e. The molecule has 4 heteroatoms. The molecule has 0 saturated heterocycles. The van der Waals surface area contributed by atoms with E-state index in [-0.39, 0.29) is 6.10 Å². The quantitative estimate of drug-likeness (QED) is 0.614. The van der Waals surface area contributed by atoms with Gasteiger partial charge in [-0.3, -0.25) is 0 Å². The van der Waals surface area contributed by atoms with Crippen LogP contribution in [0.15, 0.2) is 0 Å². The number of carboxylic acid groups (broad SMARTS) is 1. The van der Waals surface area contributed by atoms with Gasteiger partial charge in [-0.15, -0.1) is 0 Å². The Kier molecular flexibility index (Phi) is 6.54. The summed E-state index contributed by atoms with van der Waals surface area (Å²) in [7, 11) is 0. The molecule has 1 unspecified atom stereocenters. The highest BCUT2D eigenvalue weighted by molar-refractivity contribution is 5.72. The van der Waals surface area contributed by atoms with E-state index in [1.807, 2.05) is 13.8 Å². The van der Waals surface area contributed by atoms with E-state index in [1.165, 1.54) is 0 Å². The zero-order valence-corrected chi connectivity index (χ0v) is 8.45. The predicted molar refractivity (Wildman–Crippen MR) is 48.8 cm³/mol. The minimum Gasteiger partial charge on any atom is -0.479 e. The summed E-state index contributed by atoms with van der Waals surface area (Å²) in [4.78, 5) is 10.5. The molecule has 1 atom stereocenters. The summed E-state index contributed by atoms with van der Waals surface area (Å²) < 4.78 is 10.3. The van der Waals surface area contributed by atoms with Crippen molar-refractivity contribution in [3.8, 4) is 0 Å². The molecule has 0 aliphatic heterocycles. The standard InChI is InChI=1S/C9H18O4/c1-4-8(9(10)11)13-6-5-12-7(2)3/h7-8H,4-6H2,1-3H3,(H,10,11). The summed E-state index contributed by atoms with van der Waals surface area (Å²) in [6, 6.07) is 0. The second kappa shape index (κ2) is 6.86. The third-order valence-corrected chi connectivity index (χ3v) is 1.50. The van der Waals surface area contributed by atoms with Gasteiger partial charge in [0.1, 0.15) is 0 Å². The van der Waals surface area contributed by atoms with Crippen LogP contribution in [0.4, 0.5) is 0 Å². The van der Waals surface area contributed by atoms with Crippen LogP contribution in [-0.4, -0.2) is 36.5 Å². The lowest BCUT2D eigenvalue weighted by atomic mass is 10.3. The average molecular weight is 190 g/mol. The van der Waals surface area contributed by atoms with Crippen LogP contribution in [0.3, 0.4) is 0 Å². The van der Waals surface area contributed by atoms with Crippen molar-refractivity contribution in [2.75, 3.05) is 13.2 Å². The molecule has 0 amide bonds. The molecular formula is C9H18O4. The molecule has 0 saturated carbocycles. The topological polar surface area (TPSA) is 55.8 Å². The fraction of sp³-hybridized carbons (Fsp3) is 0.889. The van der Waals surface area contributed by atoms with Gasteiger partial charge in [0.25, 0.3) is 0 Å². The summed E-state index contributed by atoms with van der Waals surface area (Å²) in [5.74, 6) is -0.910. The molecule has 4 nitrogen and oxygen atoms in total. The van der Waals surface area contributed by atoms with E-state index in [0.717, 1.165) is 0 Å². The summed E-state index contributed by atoms with van der Waals surface area (Å²) in [6.07, 6.45) is -0.0546. The average Bonchev–Trinajstić information content (AvgIpc) is 2.03. The van der Waals surface area contributed by atoms with Gasteiger partial charge in [0, 0.05) is 0 Å². The molecule has 0 aromatic rings. The first-order valence-electron chi connectivity index (χ1n) is 4.54. The van der Waals surface area contributed by atoms with Crippen molar-refractivity contribution in [3.05, 3.63) is 0 Å². The van der Waals surface area contributed by atoms with Crippen molar-refractivity contribution in [3.63, 3.8) is 0 Å². The van der Waals surface area contributed by atoms with Gasteiger partial charge in [-0.2, -0.15) is 0 Å². The van der Waals surface area contributed by atoms with Gasteiger partial charge in [0.15, 0.2) is 6.10 Å². The van der Waals surface area contributed by atoms with Crippen LogP contribution in [0.2, 0.25) is 0 Å². The van der Waals surface area contributed by atoms with Crippen molar-refractivity contribution in [2.45, 2.75) is 39.4 Å². The number of aliphatic carboxylic acids is 1. The Labute approximate surface area is 78.8 Å². The van der Waals surface area contributed by atoms with Crippen LogP contribution in [-0.2, 0) is 14.3 Å². The van der Waals surface area contributed by atoms with Gasteiger partial charge in [-0.05, 0) is 20.3 Å². The normalized spacial score (nSPS) is 13.2. The van der Waals surface area contributed by atoms with Crippen LogP contribution >= 0.6 is 0 Å². The molecular weight excluding hydrogens is 172 g/mol. The molecule has 0 spiro atoms. The highest BCUT2D eigenvalue weighted by Gasteiger charge is 2.14. The maximum Gasteiger partial charge on any atom is 0.332 e. The Morgan fingerprint density at radius 3 is 2.23 bits per heavy atom. The SMILES string of the molecule is CCC(OCCOC(C)C)C(=O)O. The monoisotopic (exact) mass is 190 g/mol. The second-order valence-electron chi connectivity index (χ2n) is 3.03. The van der Waals surface area contributed by atoms with Crippen LogP contribution in [0.5, 0.6) is 0 Å². The van der Waals surface area contributed by atoms with Gasteiger partial charge in [0.2, 0.25) is 0 Å². The maximum absolute atomic E-state index is 10.5. The molecule has 0 aliphatic rings. The molecule has 0 radical (unpaired) electrons. The van der Waals surface area contributed by atoms with Gasteiger partial charge in [0.05, 0.1) is 19.3 Å². The minimum atomic E-state index is -0.910. The zero-order valence-electron chi connectivity index (χ0n) is 8.45. The van der Waals surface area contributed by atoms with Crippen molar-refractivity contribution in [2.24, 2.45) is 0 Å². The first-order valence-corrected chi connectivity index (χ1v) is 4.54. The Bertz CT molecular complexity index is 145. The fourth-order valence-corrected chi connectivity index (χ4v) is 0.838. The van der Waals surface area contributed by atoms with Gasteiger partial charge < -0.3 is 14.6 Å². The molecule has 13 heavy (non-hydrogen) atoms. The first-order chi connectivity index (χ1) is 6.07. The number of carbonyl (C=O) groups is 1. The molecule has 0 fully saturated rings. The molecule has 0 bridgehead atoms. The molecule has 78 valence electrons. The Morgan fingerprint density at radius 1 is 1.31 bits per heavy atom. The van der Waals surface area contributed by atoms with E-state index in [4.69, 9.17) is 14.6 Å². The van der Waals surface area contributed by atoms with E-state index in [1.54, 1.807) is 6.92 Å². The number of hydrogen-bond acceptors (Lipinski definition) is 3. The second-order valence-corrected chi connectivity index (χ2v) is 3.03. The van der Waals surface area contributed by atoms with Crippen molar-refractivity contribution >= 4 is 5.97 Å². The van der Waals surface area contributed by atoms with E-state index in [0.29, 0.717) is 19.6 Å². The molecule has 0 aliphatic carbocycles. The van der Waals surface area contributed by atoms with Gasteiger partial charge in [-0.25, -0.2) is 4.79 Å². The molecule has 0 heterocycles. The number of hydrogen-bond donors (Lipinski definition) is 1. The van der Waals surface area contributed by atoms with E-state index in [2.05, 4.69) is 0 Å². The van der Waals surface area contributed by atoms with E-state index < -0.39 is 12.1 Å². The van der Waals surface area contributed by atoms with Crippen LogP contribution in [0, 0.1) is 0 Å². The van der Waals surface area contributed by atoms with Gasteiger partial charge in [-0.1, -0.05) is 6.92 Å². The lowest BCUT2D eigenvalue weighted by Gasteiger charge is -2.12. The molecule has 1 N–H and O–H groups in total. The highest BCUT2D eigenvalue weighted by Crippen LogP contribution is 1.98. The maximum atomic E-state index is 10.5. The predicted octanol–water partition coefficient (Wildman–Crippen LogP) is 1.29. The minimum absolute atomic E-state index is 0.161. The summed E-state index contributed by atoms with van der Waals surface area (Å²) in [5.41, 5.74) is 0. The number of ether oxygens (including phenoxy) is 2. The fourth-order valence-electron chi connectivity index (χ4n) is 0.838. The first kappa shape index (κ1) is 12.4. The van der Waals surface area contributed by atoms with Crippen LogP contribution in [0.25, 0.3) is 0 Å². The molecule has 0 aromatic carbocycles.